The molecule has 1 aromatic rings. The van der Waals surface area contributed by atoms with Crippen molar-refractivity contribution in [2.24, 2.45) is 5.92 Å². The van der Waals surface area contributed by atoms with Crippen molar-refractivity contribution >= 4 is 52.4 Å². The molecule has 2 fully saturated rings. The van der Waals surface area contributed by atoms with Crippen LogP contribution in [0.1, 0.15) is 30.7 Å². The van der Waals surface area contributed by atoms with Gasteiger partial charge in [-0.05, 0) is 59.9 Å². The Morgan fingerprint density at radius 3 is 2.48 bits per heavy atom. The van der Waals surface area contributed by atoms with Crippen LogP contribution >= 0.6 is 40.7 Å². The van der Waals surface area contributed by atoms with Crippen molar-refractivity contribution in [3.05, 3.63) is 28.2 Å². The number of hydrogen-bond donors (Lipinski definition) is 1. The van der Waals surface area contributed by atoms with E-state index in [2.05, 4.69) is 33.9 Å². The van der Waals surface area contributed by atoms with Gasteiger partial charge in [0.15, 0.2) is 0 Å². The van der Waals surface area contributed by atoms with E-state index in [9.17, 15) is 4.79 Å². The third kappa shape index (κ3) is 4.78. The third-order valence-electron chi connectivity index (χ3n) is 5.19. The molecule has 25 heavy (non-hydrogen) atoms. The Morgan fingerprint density at radius 2 is 1.92 bits per heavy atom. The van der Waals surface area contributed by atoms with E-state index in [1.807, 2.05) is 12.1 Å². The summed E-state index contributed by atoms with van der Waals surface area (Å²) in [4.78, 5) is 14.7. The molecule has 2 bridgehead atoms. The quantitative estimate of drug-likeness (QED) is 0.534. The first-order valence-corrected chi connectivity index (χ1v) is 8.17. The van der Waals surface area contributed by atoms with Crippen LogP contribution < -0.4 is 5.73 Å². The van der Waals surface area contributed by atoms with Crippen molar-refractivity contribution in [1.82, 2.24) is 4.90 Å². The van der Waals surface area contributed by atoms with Gasteiger partial charge in [-0.3, -0.25) is 9.69 Å². The molecule has 2 heterocycles. The zero-order valence-electron chi connectivity index (χ0n) is 14.2. The summed E-state index contributed by atoms with van der Waals surface area (Å²) in [6.07, 6.45) is 3.25. The van der Waals surface area contributed by atoms with Crippen LogP contribution in [0.2, 0.25) is 0 Å². The van der Waals surface area contributed by atoms with E-state index in [0.29, 0.717) is 6.04 Å². The number of anilines is 1. The molecule has 0 amide bonds. The van der Waals surface area contributed by atoms with Crippen molar-refractivity contribution < 1.29 is 20.5 Å². The number of nitrogen functional groups attached to an aromatic ring is 1. The zero-order chi connectivity index (χ0) is 15.1. The molecule has 1 unspecified atom stereocenters. The Balaban J connectivity index is 0. The number of hydrogen-bond acceptors (Lipinski definition) is 4. The normalized spacial score (nSPS) is 27.0. The van der Waals surface area contributed by atoms with Crippen LogP contribution in [0.4, 0.5) is 5.69 Å². The molecule has 0 spiro atoms. The fourth-order valence-electron chi connectivity index (χ4n) is 4.04. The molecule has 3 rings (SSSR count). The number of piperidine rings is 1. The maximum Gasteiger partial charge on any atom is 0.310 e. The molecule has 0 saturated carbocycles. The molecule has 0 aromatic heterocycles. The van der Waals surface area contributed by atoms with Gasteiger partial charge in [0.25, 0.3) is 0 Å². The second-order valence-corrected chi connectivity index (χ2v) is 6.99. The maximum atomic E-state index is 12.4. The van der Waals surface area contributed by atoms with E-state index in [4.69, 9.17) is 10.5 Å². The van der Waals surface area contributed by atoms with Crippen LogP contribution in [-0.2, 0) is 9.53 Å². The summed E-state index contributed by atoms with van der Waals surface area (Å²) in [7, 11) is 3.62. The molecule has 9 heteroatoms. The van der Waals surface area contributed by atoms with E-state index in [0.717, 1.165) is 23.0 Å². The number of ether oxygens (including phenoxy) is 1. The Labute approximate surface area is 169 Å². The molecule has 6 nitrogen and oxygen atoms in total. The van der Waals surface area contributed by atoms with Gasteiger partial charge in [-0.25, -0.2) is 0 Å². The van der Waals surface area contributed by atoms with E-state index >= 15 is 0 Å². The number of carbonyl (C=O) groups excluding carboxylic acids is 1. The number of fused-ring (bicyclic) bond motifs is 2. The number of methoxy groups -OCH3 is 1. The largest absolute Gasteiger partial charge is 0.469 e. The Hall–Kier alpha value is -0.570. The highest BCUT2D eigenvalue weighted by molar-refractivity contribution is 9.10. The van der Waals surface area contributed by atoms with Crippen LogP contribution in [0, 0.1) is 5.92 Å². The molecule has 2 aliphatic heterocycles. The summed E-state index contributed by atoms with van der Waals surface area (Å²) in [5.41, 5.74) is 7.78. The zero-order valence-corrected chi connectivity index (χ0v) is 17.4. The van der Waals surface area contributed by atoms with Crippen LogP contribution in [-0.4, -0.2) is 48.1 Å². The lowest BCUT2D eigenvalue weighted by Crippen LogP contribution is -2.49. The number of benzene rings is 1. The average molecular weight is 462 g/mol. The van der Waals surface area contributed by atoms with Gasteiger partial charge in [0.1, 0.15) is 0 Å². The first-order valence-electron chi connectivity index (χ1n) is 7.37. The first kappa shape index (κ1) is 26.7. The molecule has 146 valence electrons. The van der Waals surface area contributed by atoms with Crippen molar-refractivity contribution in [3.8, 4) is 0 Å². The Bertz CT molecular complexity index is 579. The number of rotatable bonds is 2. The summed E-state index contributed by atoms with van der Waals surface area (Å²) in [5.74, 6) is 0.0301. The molecule has 1 aromatic carbocycles. The minimum absolute atomic E-state index is 0. The van der Waals surface area contributed by atoms with E-state index in [1.165, 1.54) is 19.1 Å². The lowest BCUT2D eigenvalue weighted by atomic mass is 9.76. The summed E-state index contributed by atoms with van der Waals surface area (Å²) in [6, 6.07) is 6.87. The first-order chi connectivity index (χ1) is 10.0. The predicted octanol–water partition coefficient (Wildman–Crippen LogP) is 1.96. The van der Waals surface area contributed by atoms with Crippen molar-refractivity contribution in [1.29, 1.82) is 0 Å². The molecule has 0 aliphatic carbocycles. The van der Waals surface area contributed by atoms with Crippen LogP contribution in [0.3, 0.4) is 0 Å². The lowest BCUT2D eigenvalue weighted by Gasteiger charge is -2.41. The van der Waals surface area contributed by atoms with Crippen molar-refractivity contribution in [3.63, 3.8) is 0 Å². The average Bonchev–Trinajstić information content (AvgIpc) is 2.72. The minimum atomic E-state index is -0.0925. The van der Waals surface area contributed by atoms with E-state index < -0.39 is 0 Å². The van der Waals surface area contributed by atoms with Crippen LogP contribution in [0.15, 0.2) is 22.7 Å². The van der Waals surface area contributed by atoms with E-state index in [-0.39, 0.29) is 59.6 Å². The molecule has 6 N–H and O–H groups in total. The number of carbonyl (C=O) groups is 1. The third-order valence-corrected chi connectivity index (χ3v) is 5.88. The monoisotopic (exact) mass is 460 g/mol. The van der Waals surface area contributed by atoms with Gasteiger partial charge < -0.3 is 21.4 Å². The smallest absolute Gasteiger partial charge is 0.310 e. The summed E-state index contributed by atoms with van der Waals surface area (Å²) < 4.78 is 5.99. The fourth-order valence-corrected chi connectivity index (χ4v) is 4.44. The summed E-state index contributed by atoms with van der Waals surface area (Å²) in [6.45, 7) is 0. The topological polar surface area (TPSA) is 119 Å². The number of nitrogens with two attached hydrogens (primary N) is 1. The molecule has 0 radical (unpaired) electrons. The van der Waals surface area contributed by atoms with Crippen LogP contribution in [0.5, 0.6) is 0 Å². The van der Waals surface area contributed by atoms with Crippen LogP contribution in [0.25, 0.3) is 0 Å². The highest BCUT2D eigenvalue weighted by Crippen LogP contribution is 2.47. The van der Waals surface area contributed by atoms with Gasteiger partial charge in [-0.1, -0.05) is 6.07 Å². The number of esters is 1. The molecule has 2 saturated heterocycles. The SMILES string of the molecule is COC(=O)[C@@H]1C2CC[C@H](C[C@@H]1c1ccc(N)c(Br)c1)N2C.Cl.Cl.O.O. The van der Waals surface area contributed by atoms with Gasteiger partial charge in [0.05, 0.1) is 13.0 Å². The second kappa shape index (κ2) is 10.5. The molecular formula is C16H27BrCl2N2O4. The molecular weight excluding hydrogens is 435 g/mol. The highest BCUT2D eigenvalue weighted by Gasteiger charge is 2.49. The second-order valence-electron chi connectivity index (χ2n) is 6.14. The Kier molecular flexibility index (Phi) is 11.2. The number of nitrogens with zero attached hydrogens (tertiary/aromatic N) is 1. The van der Waals surface area contributed by atoms with Gasteiger partial charge in [0.2, 0.25) is 0 Å². The van der Waals surface area contributed by atoms with Gasteiger partial charge in [0, 0.05) is 28.2 Å². The predicted molar refractivity (Wildman–Crippen MR) is 108 cm³/mol. The Morgan fingerprint density at radius 1 is 1.28 bits per heavy atom. The van der Waals surface area contributed by atoms with E-state index in [1.54, 1.807) is 0 Å². The minimum Gasteiger partial charge on any atom is -0.469 e. The summed E-state index contributed by atoms with van der Waals surface area (Å²) in [5, 5.41) is 0. The highest BCUT2D eigenvalue weighted by atomic mass is 79.9. The van der Waals surface area contributed by atoms with Crippen molar-refractivity contribution in [2.75, 3.05) is 19.9 Å². The molecule has 2 aliphatic rings. The fraction of sp³-hybridized carbons (Fsp3) is 0.562. The van der Waals surface area contributed by atoms with Gasteiger partial charge in [-0.2, -0.15) is 0 Å². The van der Waals surface area contributed by atoms with Crippen molar-refractivity contribution in [2.45, 2.75) is 37.3 Å². The van der Waals surface area contributed by atoms with Gasteiger partial charge >= 0.3 is 5.97 Å². The maximum absolute atomic E-state index is 12.4. The summed E-state index contributed by atoms with van der Waals surface area (Å²) >= 11 is 3.49. The van der Waals surface area contributed by atoms with Gasteiger partial charge in [-0.15, -0.1) is 24.8 Å². The molecule has 4 atom stereocenters. The standard InChI is InChI=1S/C16H21BrN2O2.2ClH.2H2O/c1-19-10-4-6-14(19)15(16(20)21-2)11(8-10)9-3-5-13(18)12(17)7-9;;;;/h3,5,7,10-11,14-15H,4,6,8,18H2,1-2H3;2*1H;2*1H2/t10-,11-,14?,15+;;;;/m1..../s1. The number of halogens is 3. The lowest BCUT2D eigenvalue weighted by molar-refractivity contribution is -0.150.